The molecule has 0 saturated carbocycles. The van der Waals surface area contributed by atoms with Gasteiger partial charge in [-0.05, 0) is 56.0 Å². The summed E-state index contributed by atoms with van der Waals surface area (Å²) >= 11 is 5.91. The predicted octanol–water partition coefficient (Wildman–Crippen LogP) is 2.53. The Labute approximate surface area is 137 Å². The standard InChI is InChI=1S/C14H19ClN2O2S.ClH/c15-12-2-1-3-13(10-12)20(18,19)17-9-6-14(11-17)4-7-16-8-5-14;/h1-3,10,16H,4-9,11H2;1H. The Balaban J connectivity index is 0.00000161. The highest BCUT2D eigenvalue weighted by molar-refractivity contribution is 7.89. The van der Waals surface area contributed by atoms with Gasteiger partial charge in [-0.2, -0.15) is 4.31 Å². The van der Waals surface area contributed by atoms with Gasteiger partial charge in [-0.15, -0.1) is 12.4 Å². The number of rotatable bonds is 2. The molecular weight excluding hydrogens is 331 g/mol. The quantitative estimate of drug-likeness (QED) is 0.891. The lowest BCUT2D eigenvalue weighted by Crippen LogP contribution is -2.39. The van der Waals surface area contributed by atoms with Crippen molar-refractivity contribution in [3.63, 3.8) is 0 Å². The van der Waals surface area contributed by atoms with Crippen LogP contribution in [0.4, 0.5) is 0 Å². The molecule has 118 valence electrons. The lowest BCUT2D eigenvalue weighted by atomic mass is 9.78. The van der Waals surface area contributed by atoms with Gasteiger partial charge in [-0.25, -0.2) is 8.42 Å². The Morgan fingerprint density at radius 3 is 2.57 bits per heavy atom. The van der Waals surface area contributed by atoms with Crippen LogP contribution in [0, 0.1) is 5.41 Å². The van der Waals surface area contributed by atoms with Crippen LogP contribution in [0.5, 0.6) is 0 Å². The van der Waals surface area contributed by atoms with Crippen molar-refractivity contribution < 1.29 is 8.42 Å². The first kappa shape index (κ1) is 17.0. The second-order valence-corrected chi connectivity index (χ2v) is 8.17. The number of nitrogens with zero attached hydrogens (tertiary/aromatic N) is 1. The van der Waals surface area contributed by atoms with Gasteiger partial charge in [0.2, 0.25) is 10.0 Å². The van der Waals surface area contributed by atoms with Gasteiger partial charge < -0.3 is 5.32 Å². The van der Waals surface area contributed by atoms with Crippen LogP contribution < -0.4 is 5.32 Å². The molecule has 0 unspecified atom stereocenters. The van der Waals surface area contributed by atoms with Crippen molar-refractivity contribution in [3.8, 4) is 0 Å². The molecule has 2 aliphatic rings. The number of hydrogen-bond acceptors (Lipinski definition) is 3. The van der Waals surface area contributed by atoms with Crippen LogP contribution in [0.15, 0.2) is 29.2 Å². The van der Waals surface area contributed by atoms with Gasteiger partial charge >= 0.3 is 0 Å². The summed E-state index contributed by atoms with van der Waals surface area (Å²) in [6, 6.07) is 6.53. The van der Waals surface area contributed by atoms with E-state index in [2.05, 4.69) is 5.32 Å². The Kier molecular flexibility index (Phi) is 5.21. The number of sulfonamides is 1. The fourth-order valence-corrected chi connectivity index (χ4v) is 5.10. The number of nitrogens with one attached hydrogen (secondary N) is 1. The van der Waals surface area contributed by atoms with Crippen LogP contribution in [0.3, 0.4) is 0 Å². The van der Waals surface area contributed by atoms with E-state index in [9.17, 15) is 8.42 Å². The Morgan fingerprint density at radius 1 is 1.19 bits per heavy atom. The highest BCUT2D eigenvalue weighted by Crippen LogP contribution is 2.40. The van der Waals surface area contributed by atoms with Gasteiger partial charge in [0.15, 0.2) is 0 Å². The summed E-state index contributed by atoms with van der Waals surface area (Å²) in [5.74, 6) is 0. The van der Waals surface area contributed by atoms with E-state index in [1.165, 1.54) is 6.07 Å². The molecule has 0 aliphatic carbocycles. The number of piperidine rings is 1. The van der Waals surface area contributed by atoms with E-state index in [-0.39, 0.29) is 17.8 Å². The van der Waals surface area contributed by atoms with E-state index < -0.39 is 10.0 Å². The minimum Gasteiger partial charge on any atom is -0.317 e. The number of hydrogen-bond donors (Lipinski definition) is 1. The highest BCUT2D eigenvalue weighted by Gasteiger charge is 2.43. The first-order chi connectivity index (χ1) is 9.52. The van der Waals surface area contributed by atoms with Gasteiger partial charge in [0.1, 0.15) is 0 Å². The van der Waals surface area contributed by atoms with Crippen LogP contribution in [-0.4, -0.2) is 38.9 Å². The smallest absolute Gasteiger partial charge is 0.243 e. The molecule has 3 rings (SSSR count). The normalized spacial score (nSPS) is 22.1. The van der Waals surface area contributed by atoms with Gasteiger partial charge in [0, 0.05) is 18.1 Å². The maximum Gasteiger partial charge on any atom is 0.243 e. The molecule has 0 aromatic heterocycles. The van der Waals surface area contributed by atoms with E-state index in [1.807, 2.05) is 0 Å². The highest BCUT2D eigenvalue weighted by atomic mass is 35.5. The minimum atomic E-state index is -3.41. The van der Waals surface area contributed by atoms with E-state index in [1.54, 1.807) is 22.5 Å². The molecule has 21 heavy (non-hydrogen) atoms. The summed E-state index contributed by atoms with van der Waals surface area (Å²) in [6.45, 7) is 3.24. The third kappa shape index (κ3) is 3.37. The van der Waals surface area contributed by atoms with Gasteiger partial charge in [-0.3, -0.25) is 0 Å². The molecule has 0 amide bonds. The van der Waals surface area contributed by atoms with Crippen molar-refractivity contribution in [2.75, 3.05) is 26.2 Å². The Bertz CT molecular complexity index is 601. The van der Waals surface area contributed by atoms with Crippen molar-refractivity contribution in [1.82, 2.24) is 9.62 Å². The lowest BCUT2D eigenvalue weighted by molar-refractivity contribution is 0.218. The maximum absolute atomic E-state index is 12.7. The molecule has 4 nitrogen and oxygen atoms in total. The molecule has 2 fully saturated rings. The second kappa shape index (κ2) is 6.42. The van der Waals surface area contributed by atoms with Crippen LogP contribution in [0.1, 0.15) is 19.3 Å². The second-order valence-electron chi connectivity index (χ2n) is 5.80. The van der Waals surface area contributed by atoms with Crippen LogP contribution in [-0.2, 0) is 10.0 Å². The average Bonchev–Trinajstić information content (AvgIpc) is 2.84. The molecule has 1 aromatic rings. The largest absolute Gasteiger partial charge is 0.317 e. The number of halogens is 2. The molecule has 2 heterocycles. The van der Waals surface area contributed by atoms with Gasteiger partial charge in [-0.1, -0.05) is 17.7 Å². The van der Waals surface area contributed by atoms with Gasteiger partial charge in [0.05, 0.1) is 4.90 Å². The summed E-state index contributed by atoms with van der Waals surface area (Å²) in [5, 5.41) is 3.80. The molecule has 1 aromatic carbocycles. The van der Waals surface area contributed by atoms with Crippen LogP contribution in [0.25, 0.3) is 0 Å². The van der Waals surface area contributed by atoms with E-state index in [0.717, 1.165) is 32.4 Å². The summed E-state index contributed by atoms with van der Waals surface area (Å²) in [6.07, 6.45) is 3.09. The summed E-state index contributed by atoms with van der Waals surface area (Å²) in [7, 11) is -3.41. The first-order valence-electron chi connectivity index (χ1n) is 6.98. The fourth-order valence-electron chi connectivity index (χ4n) is 3.24. The molecule has 2 saturated heterocycles. The molecular formula is C14H20Cl2N2O2S. The third-order valence-electron chi connectivity index (χ3n) is 4.50. The number of benzene rings is 1. The third-order valence-corrected chi connectivity index (χ3v) is 6.58. The van der Waals surface area contributed by atoms with Crippen molar-refractivity contribution >= 4 is 34.0 Å². The van der Waals surface area contributed by atoms with Gasteiger partial charge in [0.25, 0.3) is 0 Å². The summed E-state index contributed by atoms with van der Waals surface area (Å²) in [4.78, 5) is 0.302. The predicted molar refractivity (Wildman–Crippen MR) is 86.6 cm³/mol. The lowest BCUT2D eigenvalue weighted by Gasteiger charge is -2.33. The van der Waals surface area contributed by atoms with E-state index >= 15 is 0 Å². The minimum absolute atomic E-state index is 0. The van der Waals surface area contributed by atoms with E-state index in [4.69, 9.17) is 11.6 Å². The Hall–Kier alpha value is -0.330. The zero-order chi connectivity index (χ0) is 14.2. The summed E-state index contributed by atoms with van der Waals surface area (Å²) < 4.78 is 27.0. The van der Waals surface area contributed by atoms with Crippen molar-refractivity contribution in [2.45, 2.75) is 24.2 Å². The van der Waals surface area contributed by atoms with Crippen molar-refractivity contribution in [1.29, 1.82) is 0 Å². The van der Waals surface area contributed by atoms with Crippen molar-refractivity contribution in [3.05, 3.63) is 29.3 Å². The Morgan fingerprint density at radius 2 is 1.90 bits per heavy atom. The fraction of sp³-hybridized carbons (Fsp3) is 0.571. The molecule has 1 spiro atoms. The topological polar surface area (TPSA) is 49.4 Å². The van der Waals surface area contributed by atoms with E-state index in [0.29, 0.717) is 23.0 Å². The maximum atomic E-state index is 12.7. The zero-order valence-corrected chi connectivity index (χ0v) is 14.1. The molecule has 0 radical (unpaired) electrons. The van der Waals surface area contributed by atoms with Crippen LogP contribution >= 0.6 is 24.0 Å². The monoisotopic (exact) mass is 350 g/mol. The molecule has 7 heteroatoms. The molecule has 2 aliphatic heterocycles. The van der Waals surface area contributed by atoms with Crippen molar-refractivity contribution in [2.24, 2.45) is 5.41 Å². The zero-order valence-electron chi connectivity index (χ0n) is 11.7. The molecule has 0 bridgehead atoms. The SMILES string of the molecule is Cl.O=S(=O)(c1cccc(Cl)c1)N1CCC2(CCNCC2)C1. The average molecular weight is 351 g/mol. The van der Waals surface area contributed by atoms with Crippen LogP contribution in [0.2, 0.25) is 5.02 Å². The first-order valence-corrected chi connectivity index (χ1v) is 8.80. The molecule has 1 N–H and O–H groups in total. The molecule has 0 atom stereocenters. The summed E-state index contributed by atoms with van der Waals surface area (Å²) in [5.41, 5.74) is 0.177.